The lowest BCUT2D eigenvalue weighted by Gasteiger charge is -2.04. The van der Waals surface area contributed by atoms with Crippen molar-refractivity contribution >= 4 is 23.1 Å². The van der Waals surface area contributed by atoms with Crippen LogP contribution in [0.2, 0.25) is 0 Å². The Balaban J connectivity index is 1.98. The van der Waals surface area contributed by atoms with Gasteiger partial charge in [0.2, 0.25) is 0 Å². The molecule has 0 spiro atoms. The fourth-order valence-electron chi connectivity index (χ4n) is 1.62. The van der Waals surface area contributed by atoms with E-state index in [0.717, 1.165) is 10.6 Å². The van der Waals surface area contributed by atoms with E-state index in [9.17, 15) is 0 Å². The van der Waals surface area contributed by atoms with Gasteiger partial charge in [-0.1, -0.05) is 17.9 Å². The number of thioether (sulfide) groups is 1. The van der Waals surface area contributed by atoms with E-state index in [-0.39, 0.29) is 0 Å². The molecule has 0 atom stereocenters. The van der Waals surface area contributed by atoms with E-state index >= 15 is 0 Å². The van der Waals surface area contributed by atoms with Crippen molar-refractivity contribution < 1.29 is 0 Å². The molecule has 0 amide bonds. The van der Waals surface area contributed by atoms with E-state index in [0.29, 0.717) is 6.54 Å². The highest BCUT2D eigenvalue weighted by molar-refractivity contribution is 7.98. The molecule has 19 heavy (non-hydrogen) atoms. The number of rotatable bonds is 3. The average molecular weight is 287 g/mol. The summed E-state index contributed by atoms with van der Waals surface area (Å²) in [7, 11) is 0. The second-order valence-corrected chi connectivity index (χ2v) is 6.52. The van der Waals surface area contributed by atoms with Gasteiger partial charge in [0.25, 0.3) is 0 Å². The normalized spacial score (nSPS) is 10.1. The van der Waals surface area contributed by atoms with Gasteiger partial charge in [-0.2, -0.15) is 0 Å². The van der Waals surface area contributed by atoms with Gasteiger partial charge in [0.15, 0.2) is 0 Å². The molecule has 0 saturated heterocycles. The van der Waals surface area contributed by atoms with E-state index < -0.39 is 0 Å². The van der Waals surface area contributed by atoms with Crippen LogP contribution in [0, 0.1) is 25.7 Å². The number of hydrogen-bond acceptors (Lipinski definition) is 3. The molecule has 2 aromatic rings. The SMILES string of the molecule is Cc1ccc(SCc2ccc(C#CCN)s2)cc1C. The fraction of sp³-hybridized carbons (Fsp3) is 0.250. The second-order valence-electron chi connectivity index (χ2n) is 4.31. The van der Waals surface area contributed by atoms with Crippen LogP contribution in [0.1, 0.15) is 20.9 Å². The minimum atomic E-state index is 0.421. The molecule has 0 fully saturated rings. The summed E-state index contributed by atoms with van der Waals surface area (Å²) in [5.41, 5.74) is 8.07. The molecule has 3 heteroatoms. The highest BCUT2D eigenvalue weighted by Crippen LogP contribution is 2.27. The number of nitrogens with two attached hydrogens (primary N) is 1. The number of hydrogen-bond donors (Lipinski definition) is 1. The van der Waals surface area contributed by atoms with Crippen LogP contribution in [0.3, 0.4) is 0 Å². The largest absolute Gasteiger partial charge is 0.320 e. The monoisotopic (exact) mass is 287 g/mol. The van der Waals surface area contributed by atoms with Crippen molar-refractivity contribution in [3.63, 3.8) is 0 Å². The van der Waals surface area contributed by atoms with Gasteiger partial charge in [-0.05, 0) is 49.2 Å². The van der Waals surface area contributed by atoms with E-state index in [1.807, 2.05) is 11.8 Å². The number of aryl methyl sites for hydroxylation is 2. The van der Waals surface area contributed by atoms with Crippen LogP contribution in [0.5, 0.6) is 0 Å². The first-order valence-electron chi connectivity index (χ1n) is 6.17. The molecule has 98 valence electrons. The van der Waals surface area contributed by atoms with Crippen LogP contribution >= 0.6 is 23.1 Å². The van der Waals surface area contributed by atoms with Gasteiger partial charge in [-0.15, -0.1) is 23.1 Å². The quantitative estimate of drug-likeness (QED) is 0.683. The molecule has 1 aromatic carbocycles. The Labute approximate surface area is 123 Å². The summed E-state index contributed by atoms with van der Waals surface area (Å²) in [6.07, 6.45) is 0. The maximum atomic E-state index is 5.37. The van der Waals surface area contributed by atoms with Gasteiger partial charge in [-0.25, -0.2) is 0 Å². The summed E-state index contributed by atoms with van der Waals surface area (Å²) >= 11 is 3.62. The molecule has 0 aliphatic rings. The second kappa shape index (κ2) is 6.81. The molecule has 0 unspecified atom stereocenters. The molecule has 0 bridgehead atoms. The van der Waals surface area contributed by atoms with Crippen LogP contribution in [0.25, 0.3) is 0 Å². The Morgan fingerprint density at radius 2 is 2.00 bits per heavy atom. The maximum absolute atomic E-state index is 5.37. The van der Waals surface area contributed by atoms with Crippen LogP contribution in [0.4, 0.5) is 0 Å². The van der Waals surface area contributed by atoms with Crippen molar-refractivity contribution in [2.75, 3.05) is 6.54 Å². The average Bonchev–Trinajstić information content (AvgIpc) is 2.86. The van der Waals surface area contributed by atoms with E-state index in [4.69, 9.17) is 5.73 Å². The third-order valence-corrected chi connectivity index (χ3v) is 5.06. The summed E-state index contributed by atoms with van der Waals surface area (Å²) in [6.45, 7) is 4.72. The Hall–Kier alpha value is -1.21. The number of benzene rings is 1. The van der Waals surface area contributed by atoms with Gasteiger partial charge in [0.1, 0.15) is 0 Å². The van der Waals surface area contributed by atoms with Crippen molar-refractivity contribution in [2.45, 2.75) is 24.5 Å². The predicted octanol–water partition coefficient (Wildman–Crippen LogP) is 3.97. The first-order chi connectivity index (χ1) is 9.19. The van der Waals surface area contributed by atoms with Crippen molar-refractivity contribution in [2.24, 2.45) is 5.73 Å². The minimum Gasteiger partial charge on any atom is -0.320 e. The molecule has 0 aliphatic carbocycles. The van der Waals surface area contributed by atoms with Crippen LogP contribution in [-0.4, -0.2) is 6.54 Å². The van der Waals surface area contributed by atoms with Gasteiger partial charge in [0.05, 0.1) is 11.4 Å². The van der Waals surface area contributed by atoms with Gasteiger partial charge in [0, 0.05) is 15.5 Å². The molecule has 2 rings (SSSR count). The van der Waals surface area contributed by atoms with E-state index in [1.165, 1.54) is 20.9 Å². The maximum Gasteiger partial charge on any atom is 0.0772 e. The minimum absolute atomic E-state index is 0.421. The number of thiophene rings is 1. The van der Waals surface area contributed by atoms with Gasteiger partial charge < -0.3 is 5.73 Å². The first kappa shape index (κ1) is 14.2. The van der Waals surface area contributed by atoms with E-state index in [2.05, 4.69) is 56.0 Å². The molecular formula is C16H17NS2. The lowest BCUT2D eigenvalue weighted by atomic mass is 10.1. The summed E-state index contributed by atoms with van der Waals surface area (Å²) in [5, 5.41) is 0. The first-order valence-corrected chi connectivity index (χ1v) is 7.97. The molecule has 1 nitrogen and oxygen atoms in total. The van der Waals surface area contributed by atoms with Gasteiger partial charge in [-0.3, -0.25) is 0 Å². The third-order valence-electron chi connectivity index (χ3n) is 2.83. The van der Waals surface area contributed by atoms with Crippen LogP contribution < -0.4 is 5.73 Å². The van der Waals surface area contributed by atoms with E-state index in [1.54, 1.807) is 11.3 Å². The van der Waals surface area contributed by atoms with Crippen molar-refractivity contribution in [1.29, 1.82) is 0 Å². The summed E-state index contributed by atoms with van der Waals surface area (Å²) in [4.78, 5) is 3.77. The van der Waals surface area contributed by atoms with Crippen LogP contribution in [0.15, 0.2) is 35.2 Å². The summed E-state index contributed by atoms with van der Waals surface area (Å²) in [5.74, 6) is 6.96. The Bertz CT molecular complexity index is 617. The summed E-state index contributed by atoms with van der Waals surface area (Å²) in [6, 6.07) is 10.9. The van der Waals surface area contributed by atoms with Crippen molar-refractivity contribution in [3.8, 4) is 11.8 Å². The van der Waals surface area contributed by atoms with Crippen molar-refractivity contribution in [1.82, 2.24) is 0 Å². The lowest BCUT2D eigenvalue weighted by Crippen LogP contribution is -1.92. The Morgan fingerprint density at radius 1 is 1.16 bits per heavy atom. The lowest BCUT2D eigenvalue weighted by molar-refractivity contribution is 1.27. The highest BCUT2D eigenvalue weighted by atomic mass is 32.2. The molecule has 0 saturated carbocycles. The highest BCUT2D eigenvalue weighted by Gasteiger charge is 2.01. The standard InChI is InChI=1S/C16H17NS2/c1-12-5-6-15(10-13(12)2)18-11-16-8-7-14(19-16)4-3-9-17/h5-8,10H,9,11,17H2,1-2H3. The smallest absolute Gasteiger partial charge is 0.0772 e. The zero-order chi connectivity index (χ0) is 13.7. The van der Waals surface area contributed by atoms with Gasteiger partial charge >= 0.3 is 0 Å². The molecule has 1 aromatic heterocycles. The molecular weight excluding hydrogens is 270 g/mol. The molecule has 1 heterocycles. The predicted molar refractivity (Wildman–Crippen MR) is 85.7 cm³/mol. The Kier molecular flexibility index (Phi) is 5.09. The van der Waals surface area contributed by atoms with Crippen LogP contribution in [-0.2, 0) is 5.75 Å². The molecule has 2 N–H and O–H groups in total. The Morgan fingerprint density at radius 3 is 2.74 bits per heavy atom. The third kappa shape index (κ3) is 4.14. The molecule has 0 radical (unpaired) electrons. The zero-order valence-corrected chi connectivity index (χ0v) is 12.8. The molecule has 0 aliphatic heterocycles. The summed E-state index contributed by atoms with van der Waals surface area (Å²) < 4.78 is 0. The zero-order valence-electron chi connectivity index (χ0n) is 11.2. The van der Waals surface area contributed by atoms with Crippen molar-refractivity contribution in [3.05, 3.63) is 51.2 Å². The topological polar surface area (TPSA) is 26.0 Å². The fourth-order valence-corrected chi connectivity index (χ4v) is 3.54.